The molecule has 0 aliphatic carbocycles. The van der Waals surface area contributed by atoms with Crippen LogP contribution in [0.2, 0.25) is 0 Å². The summed E-state index contributed by atoms with van der Waals surface area (Å²) in [4.78, 5) is 32.7. The Balaban J connectivity index is 1.26. The maximum Gasteiger partial charge on any atom is 0.261 e. The third-order valence-corrected chi connectivity index (χ3v) is 5.32. The lowest BCUT2D eigenvalue weighted by Gasteiger charge is -2.22. The SMILES string of the molecule is CN=C(NCCCCN1C(=O)c2ccccc2C1=O)N1CCc2ccccc21. The van der Waals surface area contributed by atoms with Gasteiger partial charge in [0, 0.05) is 32.4 Å². The molecule has 6 heteroatoms. The molecule has 2 aliphatic heterocycles. The molecule has 0 saturated heterocycles. The van der Waals surface area contributed by atoms with Crippen LogP contribution in [0, 0.1) is 0 Å². The van der Waals surface area contributed by atoms with Crippen LogP contribution in [-0.2, 0) is 6.42 Å². The Bertz CT molecular complexity index is 903. The van der Waals surface area contributed by atoms with Gasteiger partial charge in [-0.3, -0.25) is 19.5 Å². The number of para-hydroxylation sites is 1. The lowest BCUT2D eigenvalue weighted by atomic mass is 10.1. The standard InChI is InChI=1S/C22H24N4O2/c1-23-22(25-15-12-16-8-2-5-11-19(16)25)24-13-6-7-14-26-20(27)17-9-3-4-10-18(17)21(26)28/h2-5,8-11H,6-7,12-15H2,1H3,(H,23,24). The Labute approximate surface area is 164 Å². The maximum atomic E-state index is 12.4. The Morgan fingerprint density at radius 3 is 2.39 bits per heavy atom. The molecule has 0 radical (unpaired) electrons. The van der Waals surface area contributed by atoms with Crippen molar-refractivity contribution in [2.75, 3.05) is 31.6 Å². The Morgan fingerprint density at radius 2 is 1.68 bits per heavy atom. The molecule has 2 aromatic carbocycles. The normalized spacial score (nSPS) is 15.8. The summed E-state index contributed by atoms with van der Waals surface area (Å²) in [5, 5.41) is 3.40. The van der Waals surface area contributed by atoms with Gasteiger partial charge in [-0.2, -0.15) is 0 Å². The Hall–Kier alpha value is -3.15. The number of nitrogens with zero attached hydrogens (tertiary/aromatic N) is 3. The smallest absolute Gasteiger partial charge is 0.261 e. The predicted octanol–water partition coefficient (Wildman–Crippen LogP) is 2.70. The zero-order chi connectivity index (χ0) is 19.5. The number of amides is 2. The molecule has 4 rings (SSSR count). The van der Waals surface area contributed by atoms with Gasteiger partial charge in [0.05, 0.1) is 11.1 Å². The number of hydrogen-bond acceptors (Lipinski definition) is 3. The molecule has 144 valence electrons. The number of imide groups is 1. The van der Waals surface area contributed by atoms with Crippen molar-refractivity contribution in [2.24, 2.45) is 4.99 Å². The first-order valence-electron chi connectivity index (χ1n) is 9.72. The average Bonchev–Trinajstić information content (AvgIpc) is 3.26. The van der Waals surface area contributed by atoms with E-state index in [1.807, 2.05) is 6.07 Å². The minimum Gasteiger partial charge on any atom is -0.356 e. The highest BCUT2D eigenvalue weighted by atomic mass is 16.2. The number of hydrogen-bond donors (Lipinski definition) is 1. The summed E-state index contributed by atoms with van der Waals surface area (Å²) in [5.74, 6) is 0.502. The van der Waals surface area contributed by atoms with Crippen LogP contribution >= 0.6 is 0 Å². The van der Waals surface area contributed by atoms with Crippen molar-refractivity contribution in [3.63, 3.8) is 0 Å². The van der Waals surface area contributed by atoms with Gasteiger partial charge in [-0.15, -0.1) is 0 Å². The van der Waals surface area contributed by atoms with Gasteiger partial charge in [0.1, 0.15) is 0 Å². The second-order valence-electron chi connectivity index (χ2n) is 7.02. The molecule has 2 heterocycles. The van der Waals surface area contributed by atoms with Gasteiger partial charge < -0.3 is 10.2 Å². The monoisotopic (exact) mass is 376 g/mol. The lowest BCUT2D eigenvalue weighted by Crippen LogP contribution is -2.41. The Kier molecular flexibility index (Phi) is 5.10. The van der Waals surface area contributed by atoms with Crippen LogP contribution in [0.4, 0.5) is 5.69 Å². The molecule has 28 heavy (non-hydrogen) atoms. The zero-order valence-corrected chi connectivity index (χ0v) is 16.0. The van der Waals surface area contributed by atoms with E-state index in [9.17, 15) is 9.59 Å². The largest absolute Gasteiger partial charge is 0.356 e. The summed E-state index contributed by atoms with van der Waals surface area (Å²) >= 11 is 0. The number of fused-ring (bicyclic) bond motifs is 2. The number of rotatable bonds is 5. The van der Waals surface area contributed by atoms with E-state index in [0.29, 0.717) is 17.7 Å². The van der Waals surface area contributed by atoms with Crippen molar-refractivity contribution in [2.45, 2.75) is 19.3 Å². The number of anilines is 1. The van der Waals surface area contributed by atoms with Crippen molar-refractivity contribution in [1.82, 2.24) is 10.2 Å². The summed E-state index contributed by atoms with van der Waals surface area (Å²) in [5.41, 5.74) is 3.58. The van der Waals surface area contributed by atoms with Gasteiger partial charge in [0.2, 0.25) is 0 Å². The van der Waals surface area contributed by atoms with Crippen LogP contribution in [0.5, 0.6) is 0 Å². The minimum atomic E-state index is -0.182. The first-order valence-corrected chi connectivity index (χ1v) is 9.72. The van der Waals surface area contributed by atoms with Gasteiger partial charge in [-0.05, 0) is 43.0 Å². The van der Waals surface area contributed by atoms with E-state index in [1.54, 1.807) is 31.3 Å². The second-order valence-corrected chi connectivity index (χ2v) is 7.02. The van der Waals surface area contributed by atoms with Gasteiger partial charge >= 0.3 is 0 Å². The van der Waals surface area contributed by atoms with E-state index in [1.165, 1.54) is 16.2 Å². The summed E-state index contributed by atoms with van der Waals surface area (Å²) in [6, 6.07) is 15.4. The summed E-state index contributed by atoms with van der Waals surface area (Å²) < 4.78 is 0. The molecule has 2 amide bonds. The molecular formula is C22H24N4O2. The van der Waals surface area contributed by atoms with Gasteiger partial charge in [0.15, 0.2) is 5.96 Å². The Morgan fingerprint density at radius 1 is 1.00 bits per heavy atom. The van der Waals surface area contributed by atoms with E-state index in [4.69, 9.17) is 0 Å². The molecule has 0 unspecified atom stereocenters. The van der Waals surface area contributed by atoms with Crippen LogP contribution in [0.3, 0.4) is 0 Å². The number of unbranched alkanes of at least 4 members (excludes halogenated alkanes) is 1. The second kappa shape index (κ2) is 7.84. The van der Waals surface area contributed by atoms with Gasteiger partial charge in [-0.25, -0.2) is 0 Å². The van der Waals surface area contributed by atoms with Crippen molar-refractivity contribution in [3.05, 3.63) is 65.2 Å². The third kappa shape index (κ3) is 3.26. The highest BCUT2D eigenvalue weighted by Gasteiger charge is 2.34. The predicted molar refractivity (Wildman–Crippen MR) is 110 cm³/mol. The molecule has 6 nitrogen and oxygen atoms in total. The van der Waals surface area contributed by atoms with E-state index in [0.717, 1.165) is 38.3 Å². The van der Waals surface area contributed by atoms with Crippen molar-refractivity contribution < 1.29 is 9.59 Å². The maximum absolute atomic E-state index is 12.4. The highest BCUT2D eigenvalue weighted by molar-refractivity contribution is 6.21. The lowest BCUT2D eigenvalue weighted by molar-refractivity contribution is 0.0652. The van der Waals surface area contributed by atoms with Crippen LogP contribution in [0.1, 0.15) is 39.1 Å². The van der Waals surface area contributed by atoms with Crippen LogP contribution in [0.15, 0.2) is 53.5 Å². The van der Waals surface area contributed by atoms with E-state index in [-0.39, 0.29) is 11.8 Å². The fourth-order valence-electron chi connectivity index (χ4n) is 3.89. The number of guanidine groups is 1. The van der Waals surface area contributed by atoms with Crippen LogP contribution in [-0.4, -0.2) is 49.4 Å². The molecular weight excluding hydrogens is 352 g/mol. The van der Waals surface area contributed by atoms with Crippen molar-refractivity contribution >= 4 is 23.5 Å². The molecule has 0 aromatic heterocycles. The quantitative estimate of drug-likeness (QED) is 0.377. The highest BCUT2D eigenvalue weighted by Crippen LogP contribution is 2.27. The molecule has 2 aliphatic rings. The van der Waals surface area contributed by atoms with Gasteiger partial charge in [0.25, 0.3) is 11.8 Å². The van der Waals surface area contributed by atoms with E-state index >= 15 is 0 Å². The average molecular weight is 376 g/mol. The topological polar surface area (TPSA) is 65.0 Å². The molecule has 2 aromatic rings. The van der Waals surface area contributed by atoms with E-state index < -0.39 is 0 Å². The van der Waals surface area contributed by atoms with Crippen LogP contribution < -0.4 is 10.2 Å². The van der Waals surface area contributed by atoms with Crippen LogP contribution in [0.25, 0.3) is 0 Å². The number of carbonyl (C=O) groups is 2. The number of nitrogens with one attached hydrogen (secondary N) is 1. The fraction of sp³-hybridized carbons (Fsp3) is 0.318. The number of aliphatic imine (C=N–C) groups is 1. The molecule has 0 saturated carbocycles. The first kappa shape index (κ1) is 18.2. The molecule has 0 bridgehead atoms. The fourth-order valence-corrected chi connectivity index (χ4v) is 3.89. The number of carbonyl (C=O) groups excluding carboxylic acids is 2. The van der Waals surface area contributed by atoms with Gasteiger partial charge in [-0.1, -0.05) is 30.3 Å². The molecule has 1 N–H and O–H groups in total. The molecule has 0 spiro atoms. The van der Waals surface area contributed by atoms with E-state index in [2.05, 4.69) is 33.4 Å². The zero-order valence-electron chi connectivity index (χ0n) is 16.0. The van der Waals surface area contributed by atoms with Crippen molar-refractivity contribution in [1.29, 1.82) is 0 Å². The third-order valence-electron chi connectivity index (χ3n) is 5.32. The summed E-state index contributed by atoms with van der Waals surface area (Å²) in [6.45, 7) is 2.11. The number of benzene rings is 2. The molecule has 0 atom stereocenters. The molecule has 0 fully saturated rings. The van der Waals surface area contributed by atoms with Crippen molar-refractivity contribution in [3.8, 4) is 0 Å². The minimum absolute atomic E-state index is 0.182. The first-order chi connectivity index (χ1) is 13.7. The summed E-state index contributed by atoms with van der Waals surface area (Å²) in [6.07, 6.45) is 2.63. The summed E-state index contributed by atoms with van der Waals surface area (Å²) in [7, 11) is 1.79.